The van der Waals surface area contributed by atoms with Crippen LogP contribution in [0.3, 0.4) is 0 Å². The van der Waals surface area contributed by atoms with Crippen LogP contribution in [0.2, 0.25) is 0 Å². The molecule has 1 atom stereocenters. The van der Waals surface area contributed by atoms with E-state index in [4.69, 9.17) is 0 Å². The van der Waals surface area contributed by atoms with Crippen LogP contribution in [-0.4, -0.2) is 31.0 Å². The molecule has 1 aromatic carbocycles. The van der Waals surface area contributed by atoms with E-state index in [1.807, 2.05) is 6.92 Å². The van der Waals surface area contributed by atoms with Gasteiger partial charge in [0, 0.05) is 12.7 Å². The van der Waals surface area contributed by atoms with Gasteiger partial charge >= 0.3 is 5.97 Å². The third-order valence-corrected chi connectivity index (χ3v) is 4.82. The van der Waals surface area contributed by atoms with Crippen LogP contribution in [-0.2, 0) is 17.9 Å². The Balaban J connectivity index is 2.20. The minimum atomic E-state index is -0.865. The number of carboxylic acid groups (broad SMARTS) is 1. The first-order valence-electron chi connectivity index (χ1n) is 7.84. The van der Waals surface area contributed by atoms with E-state index in [2.05, 4.69) is 4.98 Å². The molecule has 5 nitrogen and oxygen atoms in total. The summed E-state index contributed by atoms with van der Waals surface area (Å²) in [6, 6.07) is 6.11. The SMILES string of the molecule is CCCCC(Sc1nc(CO)cn1Cc1ccc(F)cc1)C(=O)O. The van der Waals surface area contributed by atoms with Crippen LogP contribution in [0.1, 0.15) is 37.4 Å². The van der Waals surface area contributed by atoms with Crippen molar-refractivity contribution in [1.82, 2.24) is 9.55 Å². The summed E-state index contributed by atoms with van der Waals surface area (Å²) in [6.45, 7) is 2.25. The lowest BCUT2D eigenvalue weighted by Crippen LogP contribution is -2.17. The number of unbranched alkanes of at least 4 members (excludes halogenated alkanes) is 1. The molecule has 1 unspecified atom stereocenters. The lowest BCUT2D eigenvalue weighted by Gasteiger charge is -2.13. The summed E-state index contributed by atoms with van der Waals surface area (Å²) in [7, 11) is 0. The standard InChI is InChI=1S/C17H21FN2O3S/c1-2-3-4-15(16(22)23)24-17-19-14(11-21)10-20(17)9-12-5-7-13(18)8-6-12/h5-8,10,15,21H,2-4,9,11H2,1H3,(H,22,23). The van der Waals surface area contributed by atoms with Crippen molar-refractivity contribution in [2.24, 2.45) is 0 Å². The van der Waals surface area contributed by atoms with Gasteiger partial charge in [-0.25, -0.2) is 9.37 Å². The van der Waals surface area contributed by atoms with Crippen molar-refractivity contribution >= 4 is 17.7 Å². The molecular formula is C17H21FN2O3S. The smallest absolute Gasteiger partial charge is 0.317 e. The molecule has 0 bridgehead atoms. The number of aliphatic hydroxyl groups is 1. The van der Waals surface area contributed by atoms with Crippen LogP contribution < -0.4 is 0 Å². The van der Waals surface area contributed by atoms with E-state index in [9.17, 15) is 19.4 Å². The number of aliphatic carboxylic acids is 1. The van der Waals surface area contributed by atoms with Gasteiger partial charge < -0.3 is 14.8 Å². The molecule has 0 aliphatic heterocycles. The largest absolute Gasteiger partial charge is 0.480 e. The summed E-state index contributed by atoms with van der Waals surface area (Å²) >= 11 is 1.19. The minimum Gasteiger partial charge on any atom is -0.480 e. The van der Waals surface area contributed by atoms with Crippen molar-refractivity contribution in [1.29, 1.82) is 0 Å². The highest BCUT2D eigenvalue weighted by Gasteiger charge is 2.21. The number of hydrogen-bond donors (Lipinski definition) is 2. The zero-order valence-electron chi connectivity index (χ0n) is 13.5. The van der Waals surface area contributed by atoms with Gasteiger partial charge in [-0.2, -0.15) is 0 Å². The van der Waals surface area contributed by atoms with Crippen molar-refractivity contribution in [3.63, 3.8) is 0 Å². The molecule has 2 rings (SSSR count). The maximum absolute atomic E-state index is 13.0. The lowest BCUT2D eigenvalue weighted by molar-refractivity contribution is -0.136. The highest BCUT2D eigenvalue weighted by atomic mass is 32.2. The minimum absolute atomic E-state index is 0.212. The van der Waals surface area contributed by atoms with Crippen LogP contribution in [0.5, 0.6) is 0 Å². The van der Waals surface area contributed by atoms with Gasteiger partial charge in [-0.1, -0.05) is 43.7 Å². The average Bonchev–Trinajstić information content (AvgIpc) is 2.95. The normalized spacial score (nSPS) is 12.3. The second kappa shape index (κ2) is 8.84. The molecule has 0 amide bonds. The van der Waals surface area contributed by atoms with Crippen LogP contribution in [0.15, 0.2) is 35.6 Å². The summed E-state index contributed by atoms with van der Waals surface area (Å²) in [5.41, 5.74) is 1.36. The Hall–Kier alpha value is -1.86. The highest BCUT2D eigenvalue weighted by Crippen LogP contribution is 2.27. The summed E-state index contributed by atoms with van der Waals surface area (Å²) < 4.78 is 14.8. The second-order valence-corrected chi connectivity index (χ2v) is 6.68. The molecule has 2 aromatic rings. The molecule has 2 N–H and O–H groups in total. The van der Waals surface area contributed by atoms with E-state index in [-0.39, 0.29) is 12.4 Å². The number of benzene rings is 1. The molecule has 0 saturated carbocycles. The average molecular weight is 352 g/mol. The Morgan fingerprint density at radius 2 is 2.08 bits per heavy atom. The Labute approximate surface area is 144 Å². The number of carboxylic acids is 1. The summed E-state index contributed by atoms with van der Waals surface area (Å²) in [5.74, 6) is -1.17. The zero-order chi connectivity index (χ0) is 17.5. The Kier molecular flexibility index (Phi) is 6.81. The van der Waals surface area contributed by atoms with Crippen LogP contribution in [0, 0.1) is 5.82 Å². The predicted molar refractivity (Wildman–Crippen MR) is 90.5 cm³/mol. The van der Waals surface area contributed by atoms with Crippen molar-refractivity contribution in [2.75, 3.05) is 0 Å². The third-order valence-electron chi connectivity index (χ3n) is 3.56. The number of imidazole rings is 1. The predicted octanol–water partition coefficient (Wildman–Crippen LogP) is 3.30. The van der Waals surface area contributed by atoms with E-state index in [1.165, 1.54) is 23.9 Å². The summed E-state index contributed by atoms with van der Waals surface area (Å²) in [5, 5.41) is 18.7. The monoisotopic (exact) mass is 352 g/mol. The maximum Gasteiger partial charge on any atom is 0.317 e. The summed E-state index contributed by atoms with van der Waals surface area (Å²) in [4.78, 5) is 15.8. The summed E-state index contributed by atoms with van der Waals surface area (Å²) in [6.07, 6.45) is 4.02. The van der Waals surface area contributed by atoms with E-state index < -0.39 is 11.2 Å². The molecule has 130 valence electrons. The van der Waals surface area contributed by atoms with E-state index in [1.54, 1.807) is 22.9 Å². The third kappa shape index (κ3) is 5.07. The van der Waals surface area contributed by atoms with Gasteiger partial charge in [-0.3, -0.25) is 4.79 Å². The number of carbonyl (C=O) groups is 1. The first-order chi connectivity index (χ1) is 11.5. The van der Waals surface area contributed by atoms with E-state index in [0.717, 1.165) is 18.4 Å². The van der Waals surface area contributed by atoms with Crippen LogP contribution in [0.25, 0.3) is 0 Å². The number of halogens is 1. The lowest BCUT2D eigenvalue weighted by atomic mass is 10.2. The van der Waals surface area contributed by atoms with Crippen LogP contribution in [0.4, 0.5) is 4.39 Å². The molecule has 0 fully saturated rings. The van der Waals surface area contributed by atoms with Crippen molar-refractivity contribution in [3.05, 3.63) is 47.5 Å². The molecule has 0 radical (unpaired) electrons. The molecule has 1 heterocycles. The number of hydrogen-bond acceptors (Lipinski definition) is 4. The molecule has 0 aliphatic rings. The number of aliphatic hydroxyl groups excluding tert-OH is 1. The van der Waals surface area contributed by atoms with Gasteiger partial charge in [0.2, 0.25) is 0 Å². The number of rotatable bonds is 9. The van der Waals surface area contributed by atoms with Crippen molar-refractivity contribution in [2.45, 2.75) is 49.7 Å². The van der Waals surface area contributed by atoms with Gasteiger partial charge in [0.05, 0.1) is 12.3 Å². The molecule has 24 heavy (non-hydrogen) atoms. The van der Waals surface area contributed by atoms with Crippen molar-refractivity contribution < 1.29 is 19.4 Å². The highest BCUT2D eigenvalue weighted by molar-refractivity contribution is 8.00. The van der Waals surface area contributed by atoms with Gasteiger partial charge in [0.1, 0.15) is 11.1 Å². The molecular weight excluding hydrogens is 331 g/mol. The van der Waals surface area contributed by atoms with Gasteiger partial charge in [-0.05, 0) is 24.1 Å². The second-order valence-electron chi connectivity index (χ2n) is 5.51. The van der Waals surface area contributed by atoms with Gasteiger partial charge in [0.25, 0.3) is 0 Å². The number of thioether (sulfide) groups is 1. The first kappa shape index (κ1) is 18.5. The molecule has 1 aromatic heterocycles. The quantitative estimate of drug-likeness (QED) is 0.677. The fraction of sp³-hybridized carbons (Fsp3) is 0.412. The Bertz CT molecular complexity index is 673. The fourth-order valence-electron chi connectivity index (χ4n) is 2.27. The Morgan fingerprint density at radius 1 is 1.38 bits per heavy atom. The molecule has 0 saturated heterocycles. The molecule has 7 heteroatoms. The van der Waals surface area contributed by atoms with Crippen LogP contribution >= 0.6 is 11.8 Å². The van der Waals surface area contributed by atoms with Gasteiger partial charge in [0.15, 0.2) is 5.16 Å². The molecule has 0 spiro atoms. The van der Waals surface area contributed by atoms with E-state index in [0.29, 0.717) is 23.8 Å². The fourth-order valence-corrected chi connectivity index (χ4v) is 3.33. The topological polar surface area (TPSA) is 75.4 Å². The van der Waals surface area contributed by atoms with E-state index >= 15 is 0 Å². The number of nitrogens with zero attached hydrogens (tertiary/aromatic N) is 2. The maximum atomic E-state index is 13.0. The number of aromatic nitrogens is 2. The Morgan fingerprint density at radius 3 is 2.67 bits per heavy atom. The van der Waals surface area contributed by atoms with Gasteiger partial charge in [-0.15, -0.1) is 0 Å². The zero-order valence-corrected chi connectivity index (χ0v) is 14.3. The molecule has 0 aliphatic carbocycles. The first-order valence-corrected chi connectivity index (χ1v) is 8.72. The van der Waals surface area contributed by atoms with Crippen molar-refractivity contribution in [3.8, 4) is 0 Å².